The molecule has 0 unspecified atom stereocenters. The van der Waals surface area contributed by atoms with Crippen molar-refractivity contribution in [3.63, 3.8) is 0 Å². The summed E-state index contributed by atoms with van der Waals surface area (Å²) in [6.07, 6.45) is 1.76. The van der Waals surface area contributed by atoms with Gasteiger partial charge in [-0.3, -0.25) is 0 Å². The van der Waals surface area contributed by atoms with Crippen LogP contribution in [-0.4, -0.2) is 19.9 Å². The molecule has 5 nitrogen and oxygen atoms in total. The summed E-state index contributed by atoms with van der Waals surface area (Å²) >= 11 is 0. The minimum atomic E-state index is 0.612. The van der Waals surface area contributed by atoms with E-state index in [-0.39, 0.29) is 0 Å². The fourth-order valence-corrected chi connectivity index (χ4v) is 6.03. The van der Waals surface area contributed by atoms with Crippen LogP contribution in [0.3, 0.4) is 0 Å². The number of aromatic nitrogens is 4. The fourth-order valence-electron chi connectivity index (χ4n) is 6.03. The zero-order chi connectivity index (χ0) is 28.3. The molecule has 6 aromatic carbocycles. The van der Waals surface area contributed by atoms with Crippen molar-refractivity contribution in [1.82, 2.24) is 19.9 Å². The minimum Gasteiger partial charge on any atom is -0.437 e. The van der Waals surface area contributed by atoms with Gasteiger partial charge >= 0.3 is 0 Å². The van der Waals surface area contributed by atoms with Crippen LogP contribution in [0.2, 0.25) is 0 Å². The highest BCUT2D eigenvalue weighted by Gasteiger charge is 2.17. The second-order valence-electron chi connectivity index (χ2n) is 10.7. The smallest absolute Gasteiger partial charge is 0.227 e. The molecule has 0 spiro atoms. The van der Waals surface area contributed by atoms with Crippen LogP contribution in [0.25, 0.3) is 88.5 Å². The van der Waals surface area contributed by atoms with Crippen molar-refractivity contribution in [2.45, 2.75) is 0 Å². The highest BCUT2D eigenvalue weighted by Crippen LogP contribution is 2.37. The fraction of sp³-hybridized carbons (Fsp3) is 0. The molecule has 0 amide bonds. The predicted molar refractivity (Wildman–Crippen MR) is 174 cm³/mol. The minimum absolute atomic E-state index is 0.612. The topological polar surface area (TPSA) is 64.7 Å². The summed E-state index contributed by atoms with van der Waals surface area (Å²) in [7, 11) is 0. The molecule has 5 heteroatoms. The Morgan fingerprint density at radius 3 is 1.70 bits per heavy atom. The average Bonchev–Trinajstić information content (AvgIpc) is 3.47. The molecule has 43 heavy (non-hydrogen) atoms. The van der Waals surface area contributed by atoms with Crippen molar-refractivity contribution in [1.29, 1.82) is 0 Å². The van der Waals surface area contributed by atoms with E-state index in [9.17, 15) is 0 Å². The molecule has 200 valence electrons. The lowest BCUT2D eigenvalue weighted by atomic mass is 10.0. The quantitative estimate of drug-likeness (QED) is 0.219. The maximum absolute atomic E-state index is 6.26. The van der Waals surface area contributed by atoms with Crippen molar-refractivity contribution in [3.05, 3.63) is 134 Å². The molecule has 0 saturated carbocycles. The van der Waals surface area contributed by atoms with Gasteiger partial charge in [-0.25, -0.2) is 19.9 Å². The third kappa shape index (κ3) is 3.86. The number of hydrogen-bond donors (Lipinski definition) is 0. The molecule has 9 aromatic rings. The highest BCUT2D eigenvalue weighted by atomic mass is 16.3. The van der Waals surface area contributed by atoms with Crippen LogP contribution < -0.4 is 0 Å². The van der Waals surface area contributed by atoms with Gasteiger partial charge in [-0.1, -0.05) is 97.1 Å². The van der Waals surface area contributed by atoms with Crippen LogP contribution in [0.15, 0.2) is 138 Å². The van der Waals surface area contributed by atoms with Gasteiger partial charge in [0.05, 0.1) is 0 Å². The molecule has 9 rings (SSSR count). The zero-order valence-electron chi connectivity index (χ0n) is 22.9. The molecule has 3 aromatic heterocycles. The number of fused-ring (bicyclic) bond motifs is 7. The van der Waals surface area contributed by atoms with Crippen molar-refractivity contribution in [2.24, 2.45) is 0 Å². The summed E-state index contributed by atoms with van der Waals surface area (Å²) in [6, 6.07) is 43.8. The summed E-state index contributed by atoms with van der Waals surface area (Å²) < 4.78 is 6.26. The molecular formula is C38H22N4O. The van der Waals surface area contributed by atoms with E-state index in [2.05, 4.69) is 114 Å². The Morgan fingerprint density at radius 2 is 1.00 bits per heavy atom. The SMILES string of the molecule is c1ccc2cc(-c3nc(-c4ccc5ccccc5c4)nc(-c4cccc5c4ccc4c6cccnc6oc54)n3)ccc2c1. The Morgan fingerprint density at radius 1 is 0.419 bits per heavy atom. The standard InChI is InChI=1S/C38H22N4O/c1-3-9-25-21-27(16-14-23(25)7-1)35-40-36(28-17-15-24-8-2-4-10-26(24)22-28)42-37(41-35)32-12-5-11-30-29(32)18-19-31-33-13-6-20-39-38(33)43-34(30)31/h1-22H. The van der Waals surface area contributed by atoms with Crippen LogP contribution >= 0.6 is 0 Å². The number of benzene rings is 6. The first-order chi connectivity index (χ1) is 21.3. The predicted octanol–water partition coefficient (Wildman–Crippen LogP) is 9.63. The van der Waals surface area contributed by atoms with Crippen molar-refractivity contribution in [2.75, 3.05) is 0 Å². The Kier molecular flexibility index (Phi) is 5.13. The lowest BCUT2D eigenvalue weighted by Gasteiger charge is -2.11. The van der Waals surface area contributed by atoms with Crippen molar-refractivity contribution < 1.29 is 4.42 Å². The zero-order valence-corrected chi connectivity index (χ0v) is 22.9. The van der Waals surface area contributed by atoms with Gasteiger partial charge in [0, 0.05) is 39.0 Å². The van der Waals surface area contributed by atoms with Gasteiger partial charge in [-0.2, -0.15) is 0 Å². The van der Waals surface area contributed by atoms with Crippen molar-refractivity contribution in [3.8, 4) is 34.2 Å². The van der Waals surface area contributed by atoms with Gasteiger partial charge in [-0.15, -0.1) is 0 Å². The number of rotatable bonds is 3. The number of furan rings is 1. The molecule has 0 aliphatic heterocycles. The normalized spacial score (nSPS) is 11.7. The highest BCUT2D eigenvalue weighted by molar-refractivity contribution is 6.16. The van der Waals surface area contributed by atoms with Gasteiger partial charge in [0.25, 0.3) is 0 Å². The molecule has 0 fully saturated rings. The number of hydrogen-bond acceptors (Lipinski definition) is 5. The van der Waals surface area contributed by atoms with Gasteiger partial charge in [-0.05, 0) is 57.3 Å². The largest absolute Gasteiger partial charge is 0.437 e. The van der Waals surface area contributed by atoms with Crippen LogP contribution in [0, 0.1) is 0 Å². The van der Waals surface area contributed by atoms with Gasteiger partial charge in [0.1, 0.15) is 5.58 Å². The van der Waals surface area contributed by atoms with Crippen LogP contribution in [0.4, 0.5) is 0 Å². The van der Waals surface area contributed by atoms with E-state index in [1.54, 1.807) is 6.20 Å². The Bertz CT molecular complexity index is 2430. The lowest BCUT2D eigenvalue weighted by Crippen LogP contribution is -2.00. The van der Waals surface area contributed by atoms with Gasteiger partial charge in [0.2, 0.25) is 5.71 Å². The molecule has 0 bridgehead atoms. The summed E-state index contributed by atoms with van der Waals surface area (Å²) in [6.45, 7) is 0. The monoisotopic (exact) mass is 550 g/mol. The molecule has 3 heterocycles. The Hall–Kier alpha value is -5.94. The Balaban J connectivity index is 1.30. The van der Waals surface area contributed by atoms with Crippen LogP contribution in [0.1, 0.15) is 0 Å². The number of pyridine rings is 1. The first kappa shape index (κ1) is 23.7. The number of nitrogens with zero attached hydrogens (tertiary/aromatic N) is 4. The third-order valence-corrected chi connectivity index (χ3v) is 8.16. The molecular weight excluding hydrogens is 528 g/mol. The van der Waals surface area contributed by atoms with E-state index in [0.717, 1.165) is 54.6 Å². The molecule has 0 radical (unpaired) electrons. The first-order valence-electron chi connectivity index (χ1n) is 14.2. The summed E-state index contributed by atoms with van der Waals surface area (Å²) in [5, 5.41) is 8.67. The molecule has 0 aliphatic rings. The van der Waals surface area contributed by atoms with E-state index in [4.69, 9.17) is 19.4 Å². The summed E-state index contributed by atoms with van der Waals surface area (Å²) in [5.74, 6) is 1.87. The first-order valence-corrected chi connectivity index (χ1v) is 14.2. The van der Waals surface area contributed by atoms with Crippen molar-refractivity contribution >= 4 is 54.4 Å². The maximum Gasteiger partial charge on any atom is 0.227 e. The van der Waals surface area contributed by atoms with Gasteiger partial charge < -0.3 is 4.42 Å². The van der Waals surface area contributed by atoms with E-state index < -0.39 is 0 Å². The second-order valence-corrected chi connectivity index (χ2v) is 10.7. The summed E-state index contributed by atoms with van der Waals surface area (Å²) in [4.78, 5) is 19.6. The van der Waals surface area contributed by atoms with E-state index in [1.807, 2.05) is 18.2 Å². The van der Waals surface area contributed by atoms with Crippen LogP contribution in [-0.2, 0) is 0 Å². The van der Waals surface area contributed by atoms with E-state index in [0.29, 0.717) is 23.2 Å². The average molecular weight is 551 g/mol. The lowest BCUT2D eigenvalue weighted by molar-refractivity contribution is 0.657. The molecule has 0 N–H and O–H groups in total. The van der Waals surface area contributed by atoms with E-state index in [1.165, 1.54) is 10.8 Å². The molecule has 0 saturated heterocycles. The molecule has 0 aliphatic carbocycles. The second kappa shape index (κ2) is 9.29. The van der Waals surface area contributed by atoms with E-state index >= 15 is 0 Å². The third-order valence-electron chi connectivity index (χ3n) is 8.16. The van der Waals surface area contributed by atoms with Crippen LogP contribution in [0.5, 0.6) is 0 Å². The molecule has 0 atom stereocenters. The Labute approximate surface area is 246 Å². The maximum atomic E-state index is 6.26. The van der Waals surface area contributed by atoms with Gasteiger partial charge in [0.15, 0.2) is 17.5 Å². The summed E-state index contributed by atoms with van der Waals surface area (Å²) in [5.41, 5.74) is 4.24.